The Labute approximate surface area is 144 Å². The van der Waals surface area contributed by atoms with Crippen LogP contribution in [-0.2, 0) is 4.79 Å². The summed E-state index contributed by atoms with van der Waals surface area (Å²) in [4.78, 5) is 11.2. The van der Waals surface area contributed by atoms with Crippen molar-refractivity contribution in [1.82, 2.24) is 0 Å². The maximum Gasteiger partial charge on any atom is 0.221 e. The molecule has 0 atom stereocenters. The zero-order valence-corrected chi connectivity index (χ0v) is 15.0. The molecule has 0 unspecified atom stereocenters. The first-order chi connectivity index (χ1) is 11.6. The first-order valence-corrected chi connectivity index (χ1v) is 10.6. The number of carbonyl (C=O) groups excluding carboxylic acids is 1. The summed E-state index contributed by atoms with van der Waals surface area (Å²) in [6, 6.07) is 29.7. The molecule has 3 heteroatoms. The van der Waals surface area contributed by atoms with E-state index < -0.39 is 8.07 Å². The van der Waals surface area contributed by atoms with E-state index in [1.807, 2.05) is 12.1 Å². The van der Waals surface area contributed by atoms with E-state index in [9.17, 15) is 4.79 Å². The van der Waals surface area contributed by atoms with Crippen molar-refractivity contribution >= 4 is 35.2 Å². The van der Waals surface area contributed by atoms with Crippen LogP contribution in [0.4, 0.5) is 5.69 Å². The van der Waals surface area contributed by atoms with Gasteiger partial charge in [-0.3, -0.25) is 4.79 Å². The van der Waals surface area contributed by atoms with E-state index in [0.717, 1.165) is 5.69 Å². The van der Waals surface area contributed by atoms with Gasteiger partial charge in [-0.05, 0) is 27.7 Å². The van der Waals surface area contributed by atoms with Gasteiger partial charge in [0.1, 0.15) is 8.07 Å². The Morgan fingerprint density at radius 2 is 1.12 bits per heavy atom. The number of amides is 1. The lowest BCUT2D eigenvalue weighted by molar-refractivity contribution is -0.114. The van der Waals surface area contributed by atoms with E-state index in [0.29, 0.717) is 0 Å². The molecule has 0 bridgehead atoms. The van der Waals surface area contributed by atoms with Crippen molar-refractivity contribution in [3.63, 3.8) is 0 Å². The largest absolute Gasteiger partial charge is 0.326 e. The molecular formula is C21H21NOSi. The minimum atomic E-state index is -2.05. The van der Waals surface area contributed by atoms with E-state index in [1.165, 1.54) is 22.5 Å². The van der Waals surface area contributed by atoms with Gasteiger partial charge >= 0.3 is 0 Å². The minimum absolute atomic E-state index is 0.0473. The molecule has 24 heavy (non-hydrogen) atoms. The lowest BCUT2D eigenvalue weighted by Gasteiger charge is -2.29. The Morgan fingerprint density at radius 3 is 1.54 bits per heavy atom. The van der Waals surface area contributed by atoms with Gasteiger partial charge in [0.05, 0.1) is 0 Å². The van der Waals surface area contributed by atoms with Gasteiger partial charge in [0.15, 0.2) is 0 Å². The second-order valence-corrected chi connectivity index (χ2v) is 10.1. The Bertz CT molecular complexity index is 774. The summed E-state index contributed by atoms with van der Waals surface area (Å²) >= 11 is 0. The van der Waals surface area contributed by atoms with Crippen LogP contribution in [0.2, 0.25) is 6.55 Å². The molecule has 0 fully saturated rings. The molecule has 2 nitrogen and oxygen atoms in total. The van der Waals surface area contributed by atoms with Crippen LogP contribution in [0.25, 0.3) is 0 Å². The Hall–Kier alpha value is -2.65. The van der Waals surface area contributed by atoms with Gasteiger partial charge < -0.3 is 5.32 Å². The molecule has 0 spiro atoms. The van der Waals surface area contributed by atoms with Gasteiger partial charge in [0.2, 0.25) is 5.91 Å². The van der Waals surface area contributed by atoms with Gasteiger partial charge in [-0.2, -0.15) is 0 Å². The molecular weight excluding hydrogens is 310 g/mol. The average molecular weight is 331 g/mol. The smallest absolute Gasteiger partial charge is 0.221 e. The summed E-state index contributed by atoms with van der Waals surface area (Å²) < 4.78 is 0. The molecule has 0 aliphatic heterocycles. The zero-order chi connectivity index (χ0) is 17.0. The molecule has 0 aliphatic carbocycles. The Kier molecular flexibility index (Phi) is 4.63. The summed E-state index contributed by atoms with van der Waals surface area (Å²) in [7, 11) is -2.05. The lowest BCUT2D eigenvalue weighted by Crippen LogP contribution is -2.64. The lowest BCUT2D eigenvalue weighted by atomic mass is 10.3. The summed E-state index contributed by atoms with van der Waals surface area (Å²) in [5.41, 5.74) is 0.837. The normalized spacial score (nSPS) is 11.1. The van der Waals surface area contributed by atoms with Crippen LogP contribution in [0.5, 0.6) is 0 Å². The van der Waals surface area contributed by atoms with E-state index in [2.05, 4.69) is 84.7 Å². The number of anilines is 1. The standard InChI is InChI=1S/C21H21NOSi/c1-17(23)22-18-13-15-21(16-14-18)24(2,19-9-5-3-6-10-19)20-11-7-4-8-12-20/h3-16H,1-2H3,(H,22,23). The van der Waals surface area contributed by atoms with Crippen LogP contribution >= 0.6 is 0 Å². The van der Waals surface area contributed by atoms with Crippen LogP contribution in [0.1, 0.15) is 6.92 Å². The molecule has 0 heterocycles. The van der Waals surface area contributed by atoms with Gasteiger partial charge in [0, 0.05) is 12.6 Å². The highest BCUT2D eigenvalue weighted by molar-refractivity contribution is 7.10. The minimum Gasteiger partial charge on any atom is -0.326 e. The molecule has 120 valence electrons. The predicted octanol–water partition coefficient (Wildman–Crippen LogP) is 2.75. The summed E-state index contributed by atoms with van der Waals surface area (Å²) in [5, 5.41) is 6.92. The Balaban J connectivity index is 2.10. The molecule has 0 saturated carbocycles. The molecule has 0 saturated heterocycles. The average Bonchev–Trinajstić information content (AvgIpc) is 2.63. The van der Waals surface area contributed by atoms with E-state index >= 15 is 0 Å². The fourth-order valence-corrected chi connectivity index (χ4v) is 6.68. The molecule has 1 amide bonds. The Morgan fingerprint density at radius 1 is 0.708 bits per heavy atom. The molecule has 0 radical (unpaired) electrons. The quantitative estimate of drug-likeness (QED) is 0.578. The SMILES string of the molecule is CC(=O)Nc1ccc([Si](C)(c2ccccc2)c2ccccc2)cc1. The third kappa shape index (κ3) is 3.17. The first-order valence-electron chi connectivity index (χ1n) is 8.10. The molecule has 0 aromatic heterocycles. The summed E-state index contributed by atoms with van der Waals surface area (Å²) in [6.07, 6.45) is 0. The predicted molar refractivity (Wildman–Crippen MR) is 104 cm³/mol. The van der Waals surface area contributed by atoms with Crippen molar-refractivity contribution in [2.75, 3.05) is 5.32 Å². The van der Waals surface area contributed by atoms with Crippen LogP contribution in [-0.4, -0.2) is 14.0 Å². The van der Waals surface area contributed by atoms with Gasteiger partial charge in [-0.25, -0.2) is 0 Å². The van der Waals surface area contributed by atoms with Crippen molar-refractivity contribution in [2.24, 2.45) is 0 Å². The number of nitrogens with one attached hydrogen (secondary N) is 1. The molecule has 3 aromatic carbocycles. The van der Waals surface area contributed by atoms with E-state index in [4.69, 9.17) is 0 Å². The zero-order valence-electron chi connectivity index (χ0n) is 14.0. The molecule has 1 N–H and O–H groups in total. The highest BCUT2D eigenvalue weighted by Crippen LogP contribution is 2.10. The highest BCUT2D eigenvalue weighted by Gasteiger charge is 2.33. The fourth-order valence-electron chi connectivity index (χ4n) is 3.13. The monoisotopic (exact) mass is 331 g/mol. The van der Waals surface area contributed by atoms with E-state index in [-0.39, 0.29) is 5.91 Å². The number of hydrogen-bond donors (Lipinski definition) is 1. The number of rotatable bonds is 4. The summed E-state index contributed by atoms with van der Waals surface area (Å²) in [6.45, 7) is 3.91. The van der Waals surface area contributed by atoms with Crippen LogP contribution in [0.3, 0.4) is 0 Å². The van der Waals surface area contributed by atoms with Gasteiger partial charge in [-0.1, -0.05) is 79.3 Å². The maximum atomic E-state index is 11.2. The third-order valence-electron chi connectivity index (χ3n) is 4.48. The first kappa shape index (κ1) is 16.2. The van der Waals surface area contributed by atoms with Gasteiger partial charge in [-0.15, -0.1) is 0 Å². The van der Waals surface area contributed by atoms with Crippen LogP contribution in [0.15, 0.2) is 84.9 Å². The van der Waals surface area contributed by atoms with Crippen LogP contribution in [0, 0.1) is 0 Å². The second kappa shape index (κ2) is 6.85. The van der Waals surface area contributed by atoms with Gasteiger partial charge in [0.25, 0.3) is 0 Å². The van der Waals surface area contributed by atoms with Crippen molar-refractivity contribution < 1.29 is 4.79 Å². The second-order valence-electron chi connectivity index (χ2n) is 6.12. The topological polar surface area (TPSA) is 29.1 Å². The number of hydrogen-bond acceptors (Lipinski definition) is 1. The van der Waals surface area contributed by atoms with Crippen LogP contribution < -0.4 is 20.9 Å². The molecule has 3 rings (SSSR count). The molecule has 0 aliphatic rings. The third-order valence-corrected chi connectivity index (χ3v) is 8.95. The fraction of sp³-hybridized carbons (Fsp3) is 0.0952. The highest BCUT2D eigenvalue weighted by atomic mass is 28.3. The number of benzene rings is 3. The number of carbonyl (C=O) groups is 1. The van der Waals surface area contributed by atoms with Crippen molar-refractivity contribution in [1.29, 1.82) is 0 Å². The van der Waals surface area contributed by atoms with Crippen molar-refractivity contribution in [3.8, 4) is 0 Å². The molecule has 3 aromatic rings. The summed E-state index contributed by atoms with van der Waals surface area (Å²) in [5.74, 6) is -0.0473. The van der Waals surface area contributed by atoms with Crippen molar-refractivity contribution in [2.45, 2.75) is 13.5 Å². The maximum absolute atomic E-state index is 11.2. The van der Waals surface area contributed by atoms with E-state index in [1.54, 1.807) is 0 Å². The van der Waals surface area contributed by atoms with Crippen molar-refractivity contribution in [3.05, 3.63) is 84.9 Å².